The van der Waals surface area contributed by atoms with Crippen LogP contribution in [-0.2, 0) is 4.79 Å². The zero-order valence-corrected chi connectivity index (χ0v) is 15.4. The Kier molecular flexibility index (Phi) is 5.81. The fraction of sp³-hybridized carbons (Fsp3) is 0.600. The summed E-state index contributed by atoms with van der Waals surface area (Å²) in [6.07, 6.45) is 5.71. The second-order valence-electron chi connectivity index (χ2n) is 7.48. The lowest BCUT2D eigenvalue weighted by Gasteiger charge is -2.28. The van der Waals surface area contributed by atoms with Crippen LogP contribution in [0.1, 0.15) is 50.5 Å². The molecule has 1 spiro atoms. The van der Waals surface area contributed by atoms with E-state index >= 15 is 0 Å². The van der Waals surface area contributed by atoms with Crippen molar-refractivity contribution in [2.24, 2.45) is 0 Å². The molecule has 0 radical (unpaired) electrons. The van der Waals surface area contributed by atoms with E-state index < -0.39 is 17.7 Å². The molecule has 1 unspecified atom stereocenters. The summed E-state index contributed by atoms with van der Waals surface area (Å²) in [5, 5.41) is 13.2. The van der Waals surface area contributed by atoms with Gasteiger partial charge in [0, 0.05) is 0 Å². The minimum atomic E-state index is -0.922. The molecule has 1 aromatic carbocycles. The lowest BCUT2D eigenvalue weighted by Crippen LogP contribution is -2.48. The Morgan fingerprint density at radius 1 is 1.19 bits per heavy atom. The molecule has 1 heterocycles. The molecule has 2 fully saturated rings. The molecule has 142 valence electrons. The highest BCUT2D eigenvalue weighted by atomic mass is 16.5. The van der Waals surface area contributed by atoms with Crippen LogP contribution in [0.5, 0.6) is 5.75 Å². The lowest BCUT2D eigenvalue weighted by atomic mass is 9.84. The van der Waals surface area contributed by atoms with Crippen molar-refractivity contribution in [1.29, 1.82) is 0 Å². The van der Waals surface area contributed by atoms with Crippen molar-refractivity contribution in [2.75, 3.05) is 13.2 Å². The normalized spacial score (nSPS) is 21.2. The number of hydrogen-bond acceptors (Lipinski definition) is 4. The van der Waals surface area contributed by atoms with Gasteiger partial charge in [0.15, 0.2) is 0 Å². The number of ether oxygens (including phenoxy) is 1. The van der Waals surface area contributed by atoms with Gasteiger partial charge in [0.2, 0.25) is 0 Å². The second kappa shape index (κ2) is 8.08. The van der Waals surface area contributed by atoms with E-state index in [0.29, 0.717) is 18.6 Å². The number of urea groups is 1. The lowest BCUT2D eigenvalue weighted by molar-refractivity contribution is -0.133. The van der Waals surface area contributed by atoms with Gasteiger partial charge in [0.05, 0.1) is 6.54 Å². The predicted octanol–water partition coefficient (Wildman–Crippen LogP) is 2.77. The van der Waals surface area contributed by atoms with Crippen LogP contribution < -0.4 is 10.1 Å². The summed E-state index contributed by atoms with van der Waals surface area (Å²) in [7, 11) is 0. The Balaban J connectivity index is 1.58. The molecule has 1 aliphatic carbocycles. The van der Waals surface area contributed by atoms with E-state index in [1.165, 1.54) is 6.42 Å². The van der Waals surface area contributed by atoms with Gasteiger partial charge in [-0.05, 0) is 37.5 Å². The number of β-amino-alcohol motifs (C(OH)–C–C–N with tert-alkyl or cyclic N) is 1. The summed E-state index contributed by atoms with van der Waals surface area (Å²) in [6.45, 7) is 1.96. The highest BCUT2D eigenvalue weighted by molar-refractivity contribution is 6.07. The Bertz CT molecular complexity index is 653. The number of imide groups is 1. The first kappa shape index (κ1) is 18.7. The summed E-state index contributed by atoms with van der Waals surface area (Å²) in [5.74, 6) is 0.469. The average molecular weight is 360 g/mol. The molecule has 1 aromatic rings. The molecule has 2 N–H and O–H groups in total. The first-order chi connectivity index (χ1) is 12.5. The topological polar surface area (TPSA) is 78.9 Å². The maximum Gasteiger partial charge on any atom is 0.325 e. The van der Waals surface area contributed by atoms with Crippen molar-refractivity contribution >= 4 is 11.9 Å². The van der Waals surface area contributed by atoms with E-state index in [2.05, 4.69) is 5.32 Å². The third-order valence-corrected chi connectivity index (χ3v) is 5.28. The first-order valence-corrected chi connectivity index (χ1v) is 9.52. The molecule has 26 heavy (non-hydrogen) atoms. The SMILES string of the molecule is Cc1cccc(OCC(O)CN2C(=O)NC3(CCCCCCC3)C2=O)c1. The zero-order valence-electron chi connectivity index (χ0n) is 15.4. The van der Waals surface area contributed by atoms with E-state index in [1.54, 1.807) is 0 Å². The zero-order chi connectivity index (χ0) is 18.6. The molecule has 1 saturated heterocycles. The summed E-state index contributed by atoms with van der Waals surface area (Å²) in [5.41, 5.74) is 0.298. The van der Waals surface area contributed by atoms with Crippen LogP contribution in [0, 0.1) is 6.92 Å². The maximum absolute atomic E-state index is 12.9. The Hall–Kier alpha value is -2.08. The van der Waals surface area contributed by atoms with Crippen LogP contribution in [0.25, 0.3) is 0 Å². The van der Waals surface area contributed by atoms with Gasteiger partial charge in [0.25, 0.3) is 5.91 Å². The van der Waals surface area contributed by atoms with E-state index in [0.717, 1.165) is 36.1 Å². The Morgan fingerprint density at radius 2 is 1.88 bits per heavy atom. The van der Waals surface area contributed by atoms with Gasteiger partial charge < -0.3 is 15.2 Å². The average Bonchev–Trinajstić information content (AvgIpc) is 2.82. The number of carbonyl (C=O) groups is 2. The molecule has 2 aliphatic rings. The van der Waals surface area contributed by atoms with Gasteiger partial charge >= 0.3 is 6.03 Å². The number of aliphatic hydroxyl groups excluding tert-OH is 1. The number of amides is 3. The number of nitrogens with zero attached hydrogens (tertiary/aromatic N) is 1. The molecule has 0 bridgehead atoms. The van der Waals surface area contributed by atoms with E-state index in [-0.39, 0.29) is 19.1 Å². The summed E-state index contributed by atoms with van der Waals surface area (Å²) in [4.78, 5) is 26.4. The first-order valence-electron chi connectivity index (χ1n) is 9.52. The number of benzene rings is 1. The van der Waals surface area contributed by atoms with Crippen LogP contribution in [0.3, 0.4) is 0 Å². The van der Waals surface area contributed by atoms with Crippen molar-refractivity contribution in [3.8, 4) is 5.75 Å². The summed E-state index contributed by atoms with van der Waals surface area (Å²) >= 11 is 0. The van der Waals surface area contributed by atoms with E-state index in [4.69, 9.17) is 4.74 Å². The van der Waals surface area contributed by atoms with Crippen molar-refractivity contribution in [1.82, 2.24) is 10.2 Å². The van der Waals surface area contributed by atoms with Gasteiger partial charge in [0.1, 0.15) is 24.0 Å². The van der Waals surface area contributed by atoms with Crippen LogP contribution in [-0.4, -0.2) is 46.7 Å². The fourth-order valence-corrected chi connectivity index (χ4v) is 3.85. The molecule has 1 saturated carbocycles. The van der Waals surface area contributed by atoms with Crippen LogP contribution in [0.2, 0.25) is 0 Å². The quantitative estimate of drug-likeness (QED) is 0.792. The van der Waals surface area contributed by atoms with Crippen molar-refractivity contribution in [3.63, 3.8) is 0 Å². The smallest absolute Gasteiger partial charge is 0.325 e. The molecular formula is C20H28N2O4. The number of hydrogen-bond donors (Lipinski definition) is 2. The molecule has 6 nitrogen and oxygen atoms in total. The molecule has 3 rings (SSSR count). The fourth-order valence-electron chi connectivity index (χ4n) is 3.85. The number of rotatable bonds is 5. The number of nitrogens with one attached hydrogen (secondary N) is 1. The second-order valence-corrected chi connectivity index (χ2v) is 7.48. The molecule has 3 amide bonds. The van der Waals surface area contributed by atoms with Crippen LogP contribution >= 0.6 is 0 Å². The summed E-state index contributed by atoms with van der Waals surface area (Å²) in [6, 6.07) is 7.14. The van der Waals surface area contributed by atoms with Crippen LogP contribution in [0.4, 0.5) is 4.79 Å². The van der Waals surface area contributed by atoms with Gasteiger partial charge in [-0.2, -0.15) is 0 Å². The number of aryl methyl sites for hydroxylation is 1. The van der Waals surface area contributed by atoms with Gasteiger partial charge in [-0.15, -0.1) is 0 Å². The van der Waals surface area contributed by atoms with Gasteiger partial charge in [-0.1, -0.05) is 44.2 Å². The highest BCUT2D eigenvalue weighted by Crippen LogP contribution is 2.32. The molecule has 1 atom stereocenters. The third kappa shape index (κ3) is 4.18. The van der Waals surface area contributed by atoms with Crippen molar-refractivity contribution in [3.05, 3.63) is 29.8 Å². The Morgan fingerprint density at radius 3 is 2.58 bits per heavy atom. The van der Waals surface area contributed by atoms with E-state index in [9.17, 15) is 14.7 Å². The highest BCUT2D eigenvalue weighted by Gasteiger charge is 2.50. The largest absolute Gasteiger partial charge is 0.491 e. The minimum Gasteiger partial charge on any atom is -0.491 e. The Labute approximate surface area is 154 Å². The standard InChI is InChI=1S/C20H28N2O4/c1-15-8-7-9-17(12-15)26-14-16(23)13-22-18(24)20(21-19(22)25)10-5-3-2-4-6-11-20/h7-9,12,16,23H,2-6,10-11,13-14H2,1H3,(H,21,25). The minimum absolute atomic E-state index is 0.0352. The van der Waals surface area contributed by atoms with Crippen LogP contribution in [0.15, 0.2) is 24.3 Å². The third-order valence-electron chi connectivity index (χ3n) is 5.28. The molecular weight excluding hydrogens is 332 g/mol. The van der Waals surface area contributed by atoms with Crippen molar-refractivity contribution < 1.29 is 19.4 Å². The van der Waals surface area contributed by atoms with Gasteiger partial charge in [-0.3, -0.25) is 9.69 Å². The number of aliphatic hydroxyl groups is 1. The molecule has 6 heteroatoms. The molecule has 1 aliphatic heterocycles. The number of carbonyl (C=O) groups excluding carboxylic acids is 2. The summed E-state index contributed by atoms with van der Waals surface area (Å²) < 4.78 is 5.58. The molecule has 0 aromatic heterocycles. The van der Waals surface area contributed by atoms with Crippen molar-refractivity contribution in [2.45, 2.75) is 63.5 Å². The monoisotopic (exact) mass is 360 g/mol. The van der Waals surface area contributed by atoms with Gasteiger partial charge in [-0.25, -0.2) is 4.79 Å². The predicted molar refractivity (Wildman–Crippen MR) is 98.0 cm³/mol. The maximum atomic E-state index is 12.9. The van der Waals surface area contributed by atoms with E-state index in [1.807, 2.05) is 31.2 Å².